The van der Waals surface area contributed by atoms with Crippen molar-refractivity contribution in [1.29, 1.82) is 0 Å². The van der Waals surface area contributed by atoms with Crippen molar-refractivity contribution in [2.45, 2.75) is 19.9 Å². The monoisotopic (exact) mass is 366 g/mol. The standard InChI is InChI=1S/C20H22N4O3/c1-3-11-21-20(26)18-23-17(16-6-4-5-12-24(16)18)19(25)22-13-14-7-9-15(27-2)10-8-14/h4-10,12H,3,11,13H2,1-2H3,(H,21,26)(H,22,25). The number of hydrogen-bond acceptors (Lipinski definition) is 4. The summed E-state index contributed by atoms with van der Waals surface area (Å²) in [6.45, 7) is 2.88. The second-order valence-electron chi connectivity index (χ2n) is 6.03. The number of fused-ring (bicyclic) bond motifs is 1. The van der Waals surface area contributed by atoms with Gasteiger partial charge in [0.1, 0.15) is 5.75 Å². The zero-order valence-corrected chi connectivity index (χ0v) is 15.4. The molecular formula is C20H22N4O3. The highest BCUT2D eigenvalue weighted by atomic mass is 16.5. The molecule has 140 valence electrons. The number of aromatic nitrogens is 2. The van der Waals surface area contributed by atoms with Crippen molar-refractivity contribution in [3.63, 3.8) is 0 Å². The minimum absolute atomic E-state index is 0.202. The molecule has 0 aliphatic heterocycles. The van der Waals surface area contributed by atoms with E-state index in [0.29, 0.717) is 18.6 Å². The van der Waals surface area contributed by atoms with E-state index in [-0.39, 0.29) is 23.3 Å². The van der Waals surface area contributed by atoms with Crippen LogP contribution in [0.4, 0.5) is 0 Å². The fourth-order valence-electron chi connectivity index (χ4n) is 2.69. The number of amides is 2. The third-order valence-corrected chi connectivity index (χ3v) is 4.11. The molecule has 27 heavy (non-hydrogen) atoms. The predicted molar refractivity (Wildman–Crippen MR) is 102 cm³/mol. The number of rotatable bonds is 7. The lowest BCUT2D eigenvalue weighted by atomic mass is 10.2. The number of nitrogens with one attached hydrogen (secondary N) is 2. The lowest BCUT2D eigenvalue weighted by molar-refractivity contribution is 0.0942. The fourth-order valence-corrected chi connectivity index (χ4v) is 2.69. The summed E-state index contributed by atoms with van der Waals surface area (Å²) in [6.07, 6.45) is 2.55. The Labute approximate surface area is 157 Å². The minimum atomic E-state index is -0.330. The van der Waals surface area contributed by atoms with Crippen LogP contribution in [-0.2, 0) is 6.54 Å². The molecule has 1 aromatic carbocycles. The Bertz CT molecular complexity index is 948. The maximum absolute atomic E-state index is 12.7. The second-order valence-corrected chi connectivity index (χ2v) is 6.03. The molecule has 0 aliphatic rings. The van der Waals surface area contributed by atoms with Crippen LogP contribution in [0.5, 0.6) is 5.75 Å². The number of nitrogens with zero attached hydrogens (tertiary/aromatic N) is 2. The lowest BCUT2D eigenvalue weighted by Gasteiger charge is -2.05. The molecule has 3 rings (SSSR count). The highest BCUT2D eigenvalue weighted by Crippen LogP contribution is 2.14. The maximum Gasteiger partial charge on any atom is 0.287 e. The van der Waals surface area contributed by atoms with Gasteiger partial charge in [0.15, 0.2) is 5.69 Å². The van der Waals surface area contributed by atoms with Crippen LogP contribution in [0.25, 0.3) is 5.52 Å². The van der Waals surface area contributed by atoms with Crippen molar-refractivity contribution >= 4 is 17.3 Å². The summed E-state index contributed by atoms with van der Waals surface area (Å²) in [5, 5.41) is 5.65. The highest BCUT2D eigenvalue weighted by molar-refractivity contribution is 6.02. The molecule has 0 atom stereocenters. The number of carbonyl (C=O) groups is 2. The van der Waals surface area contributed by atoms with E-state index in [1.165, 1.54) is 0 Å². The molecular weight excluding hydrogens is 344 g/mol. The summed E-state index contributed by atoms with van der Waals surface area (Å²) < 4.78 is 6.76. The summed E-state index contributed by atoms with van der Waals surface area (Å²) in [6, 6.07) is 12.8. The van der Waals surface area contributed by atoms with Gasteiger partial charge in [-0.15, -0.1) is 0 Å². The zero-order valence-electron chi connectivity index (χ0n) is 15.4. The van der Waals surface area contributed by atoms with Crippen LogP contribution in [0.2, 0.25) is 0 Å². The number of pyridine rings is 1. The largest absolute Gasteiger partial charge is 0.497 e. The highest BCUT2D eigenvalue weighted by Gasteiger charge is 2.20. The van der Waals surface area contributed by atoms with Crippen molar-refractivity contribution in [2.75, 3.05) is 13.7 Å². The van der Waals surface area contributed by atoms with Gasteiger partial charge in [0, 0.05) is 19.3 Å². The summed E-state index contributed by atoms with van der Waals surface area (Å²) in [5.41, 5.74) is 1.76. The molecule has 2 aromatic heterocycles. The van der Waals surface area contributed by atoms with Gasteiger partial charge >= 0.3 is 0 Å². The zero-order chi connectivity index (χ0) is 19.2. The Hall–Kier alpha value is -3.35. The first-order valence-electron chi connectivity index (χ1n) is 8.80. The van der Waals surface area contributed by atoms with E-state index >= 15 is 0 Å². The van der Waals surface area contributed by atoms with E-state index in [1.807, 2.05) is 37.3 Å². The Kier molecular flexibility index (Phi) is 5.71. The van der Waals surface area contributed by atoms with Crippen molar-refractivity contribution < 1.29 is 14.3 Å². The van der Waals surface area contributed by atoms with Gasteiger partial charge < -0.3 is 15.4 Å². The number of benzene rings is 1. The molecule has 0 aliphatic carbocycles. The van der Waals surface area contributed by atoms with Gasteiger partial charge in [-0.1, -0.05) is 25.1 Å². The molecule has 0 saturated heterocycles. The third kappa shape index (κ3) is 4.08. The van der Waals surface area contributed by atoms with Crippen LogP contribution in [0.3, 0.4) is 0 Å². The summed E-state index contributed by atoms with van der Waals surface area (Å²) in [7, 11) is 1.61. The van der Waals surface area contributed by atoms with E-state index < -0.39 is 0 Å². The maximum atomic E-state index is 12.7. The van der Waals surface area contributed by atoms with Crippen molar-refractivity contribution in [3.8, 4) is 5.75 Å². The molecule has 0 unspecified atom stereocenters. The minimum Gasteiger partial charge on any atom is -0.497 e. The molecule has 2 amide bonds. The van der Waals surface area contributed by atoms with Crippen LogP contribution >= 0.6 is 0 Å². The number of ether oxygens (including phenoxy) is 1. The molecule has 0 saturated carbocycles. The predicted octanol–water partition coefficient (Wildman–Crippen LogP) is 2.41. The van der Waals surface area contributed by atoms with Crippen molar-refractivity contribution in [1.82, 2.24) is 20.0 Å². The van der Waals surface area contributed by atoms with E-state index in [9.17, 15) is 9.59 Å². The normalized spacial score (nSPS) is 10.6. The van der Waals surface area contributed by atoms with E-state index in [1.54, 1.807) is 29.8 Å². The molecule has 0 fully saturated rings. The van der Waals surface area contributed by atoms with Gasteiger partial charge in [-0.05, 0) is 36.2 Å². The first-order chi connectivity index (χ1) is 13.1. The molecule has 7 nitrogen and oxygen atoms in total. The Morgan fingerprint density at radius 3 is 2.56 bits per heavy atom. The molecule has 0 spiro atoms. The number of methoxy groups -OCH3 is 1. The van der Waals surface area contributed by atoms with Crippen molar-refractivity contribution in [3.05, 3.63) is 65.7 Å². The first-order valence-corrected chi connectivity index (χ1v) is 8.80. The van der Waals surface area contributed by atoms with Gasteiger partial charge in [-0.2, -0.15) is 0 Å². The molecule has 0 radical (unpaired) electrons. The van der Waals surface area contributed by atoms with Gasteiger partial charge in [-0.3, -0.25) is 14.0 Å². The molecule has 2 heterocycles. The molecule has 7 heteroatoms. The Morgan fingerprint density at radius 1 is 1.07 bits per heavy atom. The smallest absolute Gasteiger partial charge is 0.287 e. The van der Waals surface area contributed by atoms with Crippen LogP contribution in [0.1, 0.15) is 40.0 Å². The van der Waals surface area contributed by atoms with Gasteiger partial charge in [0.05, 0.1) is 12.6 Å². The fraction of sp³-hybridized carbons (Fsp3) is 0.250. The summed E-state index contributed by atoms with van der Waals surface area (Å²) in [4.78, 5) is 29.3. The van der Waals surface area contributed by atoms with Gasteiger partial charge in [-0.25, -0.2) is 4.98 Å². The lowest BCUT2D eigenvalue weighted by Crippen LogP contribution is -2.26. The SMILES string of the molecule is CCCNC(=O)c1nc(C(=O)NCc2ccc(OC)cc2)c2ccccn12. The Balaban J connectivity index is 1.80. The molecule has 3 aromatic rings. The van der Waals surface area contributed by atoms with E-state index in [0.717, 1.165) is 17.7 Å². The second kappa shape index (κ2) is 8.35. The quantitative estimate of drug-likeness (QED) is 0.672. The van der Waals surface area contributed by atoms with Crippen LogP contribution < -0.4 is 15.4 Å². The number of imidazole rings is 1. The van der Waals surface area contributed by atoms with Crippen LogP contribution in [0.15, 0.2) is 48.7 Å². The summed E-state index contributed by atoms with van der Waals surface area (Å²) >= 11 is 0. The summed E-state index contributed by atoms with van der Waals surface area (Å²) in [5.74, 6) is 0.331. The van der Waals surface area contributed by atoms with Crippen molar-refractivity contribution in [2.24, 2.45) is 0 Å². The average Bonchev–Trinajstić information content (AvgIpc) is 3.10. The van der Waals surface area contributed by atoms with Gasteiger partial charge in [0.25, 0.3) is 11.8 Å². The Morgan fingerprint density at radius 2 is 1.85 bits per heavy atom. The van der Waals surface area contributed by atoms with E-state index in [2.05, 4.69) is 15.6 Å². The average molecular weight is 366 g/mol. The van der Waals surface area contributed by atoms with Crippen LogP contribution in [0, 0.1) is 0 Å². The first kappa shape index (κ1) is 18.4. The number of hydrogen-bond donors (Lipinski definition) is 2. The molecule has 2 N–H and O–H groups in total. The van der Waals surface area contributed by atoms with Gasteiger partial charge in [0.2, 0.25) is 5.82 Å². The third-order valence-electron chi connectivity index (χ3n) is 4.11. The van der Waals surface area contributed by atoms with E-state index in [4.69, 9.17) is 4.74 Å². The van der Waals surface area contributed by atoms with Crippen LogP contribution in [-0.4, -0.2) is 34.9 Å². The molecule has 0 bridgehead atoms. The number of carbonyl (C=O) groups excluding carboxylic acids is 2. The topological polar surface area (TPSA) is 84.7 Å².